The van der Waals surface area contributed by atoms with Crippen molar-refractivity contribution in [2.75, 3.05) is 0 Å². The van der Waals surface area contributed by atoms with Crippen LogP contribution in [-0.4, -0.2) is 72.5 Å². The third kappa shape index (κ3) is 28.2. The number of allylic oxidation sites excluding steroid dienone is 8. The topological polar surface area (TPSA) is 161 Å². The van der Waals surface area contributed by atoms with E-state index in [9.17, 15) is 145 Å². The average molecular weight is 1010 g/mol. The maximum absolute atomic E-state index is 11.3. The second kappa shape index (κ2) is 20.5. The molecule has 304 valence electrons. The fraction of sp³-hybridized carbons (Fsp3) is 0.400. The van der Waals surface area contributed by atoms with Crippen LogP contribution < -0.4 is 20.4 Å². The van der Waals surface area contributed by atoms with Crippen molar-refractivity contribution in [2.24, 2.45) is 0 Å². The molecule has 0 aliphatic heterocycles. The molecular weight excluding hydrogens is 1000 g/mol. The second-order valence-electron chi connectivity index (χ2n) is 7.47. The van der Waals surface area contributed by atoms with Crippen LogP contribution >= 0.6 is 0 Å². The Morgan fingerprint density at radius 1 is 0.264 bits per heavy atom. The van der Waals surface area contributed by atoms with Crippen molar-refractivity contribution in [3.05, 3.63) is 47.3 Å². The summed E-state index contributed by atoms with van der Waals surface area (Å²) in [6, 6.07) is 0. The van der Waals surface area contributed by atoms with Crippen LogP contribution in [0.15, 0.2) is 47.3 Å². The van der Waals surface area contributed by atoms with Crippen LogP contribution in [0.5, 0.6) is 0 Å². The first kappa shape index (κ1) is 58.3. The quantitative estimate of drug-likeness (QED) is 0.179. The predicted molar refractivity (Wildman–Crippen MR) is 101 cm³/mol. The number of hydrogen-bond donors (Lipinski definition) is 0. The van der Waals surface area contributed by atoms with E-state index in [1.807, 2.05) is 0 Å². The summed E-state index contributed by atoms with van der Waals surface area (Å²) in [7, 11) is 0. The van der Waals surface area contributed by atoms with Gasteiger partial charge >= 0.3 is 75.3 Å². The maximum Gasteiger partial charge on any atom is 4.00 e. The summed E-state index contributed by atoms with van der Waals surface area (Å²) in [4.78, 5) is 39.3. The first-order chi connectivity index (χ1) is 22.2. The van der Waals surface area contributed by atoms with Crippen LogP contribution in [0.1, 0.15) is 0 Å². The van der Waals surface area contributed by atoms with Gasteiger partial charge in [0.05, 0.1) is 0 Å². The Hall–Kier alpha value is -3.97. The normalized spacial score (nSPS) is 14.2. The van der Waals surface area contributed by atoms with Gasteiger partial charge in [0.15, 0.2) is 0 Å². The zero-order valence-corrected chi connectivity index (χ0v) is 26.7. The molecule has 0 aliphatic rings. The zero-order valence-electron chi connectivity index (χ0n) is 23.1. The molecule has 0 N–H and O–H groups in total. The maximum atomic E-state index is 11.3. The number of carbonyl (C=O) groups excluding carboxylic acids is 4. The molecule has 8 nitrogen and oxygen atoms in total. The van der Waals surface area contributed by atoms with E-state index in [1.54, 1.807) is 0 Å². The van der Waals surface area contributed by atoms with Crippen LogP contribution in [0.4, 0.5) is 105 Å². The summed E-state index contributed by atoms with van der Waals surface area (Å²) in [5, 5.41) is 39.3. The van der Waals surface area contributed by atoms with E-state index < -0.39 is 120 Å². The molecule has 0 fully saturated rings. The third-order valence-electron chi connectivity index (χ3n) is 3.28. The van der Waals surface area contributed by atoms with Gasteiger partial charge in [0.1, 0.15) is 0 Å². The van der Waals surface area contributed by atoms with E-state index in [0.29, 0.717) is 0 Å². The van der Waals surface area contributed by atoms with E-state index in [4.69, 9.17) is 0 Å². The van der Waals surface area contributed by atoms with Crippen LogP contribution in [0, 0.1) is 0 Å². The van der Waals surface area contributed by atoms with E-state index >= 15 is 0 Å². The van der Waals surface area contributed by atoms with Gasteiger partial charge in [-0.2, -0.15) is 105 Å². The minimum Gasteiger partial charge on any atom is -0.869 e. The molecule has 0 atom stereocenters. The molecule has 0 amide bonds. The molecule has 33 heteroatoms. The summed E-state index contributed by atoms with van der Waals surface area (Å²) in [6.45, 7) is 0. The van der Waals surface area contributed by atoms with Crippen molar-refractivity contribution in [3.8, 4) is 0 Å². The molecule has 0 aromatic rings. The molecule has 0 aromatic carbocycles. The van der Waals surface area contributed by atoms with E-state index in [-0.39, 0.29) is 25.8 Å². The molecule has 0 radical (unpaired) electrons. The van der Waals surface area contributed by atoms with Gasteiger partial charge in [0.25, 0.3) is 23.1 Å². The number of rotatable bonds is 4. The van der Waals surface area contributed by atoms with E-state index in [2.05, 4.69) is 0 Å². The van der Waals surface area contributed by atoms with Crippen LogP contribution in [0.3, 0.4) is 0 Å². The number of hydrogen-bond acceptors (Lipinski definition) is 8. The molecule has 0 aromatic heterocycles. The second-order valence-corrected chi connectivity index (χ2v) is 7.47. The number of alkyl halides is 24. The third-order valence-corrected chi connectivity index (χ3v) is 3.28. The van der Waals surface area contributed by atoms with Gasteiger partial charge in [0, 0.05) is 0 Å². The number of carbonyl (C=O) groups is 4. The molecule has 0 heterocycles. The van der Waals surface area contributed by atoms with Gasteiger partial charge in [-0.05, 0) is 47.3 Å². The van der Waals surface area contributed by atoms with Crippen LogP contribution in [-0.2, 0) is 45.0 Å². The minimum atomic E-state index is -5.46. The molecule has 0 spiro atoms. The summed E-state index contributed by atoms with van der Waals surface area (Å²) in [5.41, 5.74) is 0. The smallest absolute Gasteiger partial charge is 0.869 e. The van der Waals surface area contributed by atoms with E-state index in [1.165, 1.54) is 0 Å². The van der Waals surface area contributed by atoms with E-state index in [0.717, 1.165) is 0 Å². The molecule has 0 aliphatic carbocycles. The fourth-order valence-electron chi connectivity index (χ4n) is 1.13. The Balaban J connectivity index is -0.000000192. The summed E-state index contributed by atoms with van der Waals surface area (Å²) in [5.74, 6) is -22.6. The zero-order chi connectivity index (χ0) is 43.4. The molecule has 53 heavy (non-hydrogen) atoms. The Bertz CT molecular complexity index is 1150. The fourth-order valence-corrected chi connectivity index (χ4v) is 1.13. The molecule has 0 bridgehead atoms. The summed E-state index contributed by atoms with van der Waals surface area (Å²) in [6.07, 6.45) is -47.8. The van der Waals surface area contributed by atoms with Gasteiger partial charge < -0.3 is 20.4 Å². The molecule has 0 saturated heterocycles. The molecule has 0 unspecified atom stereocenters. The van der Waals surface area contributed by atoms with Crippen molar-refractivity contribution < 1.29 is 171 Å². The van der Waals surface area contributed by atoms with Crippen molar-refractivity contribution >= 4 is 23.1 Å². The SMILES string of the molecule is O=C(/C=C(\[O-])C(F)(F)F)C(F)(F)F.O=C(/C=C(\[O-])C(F)(F)F)C(F)(F)F.O=C(/C=C(\[O-])C(F)(F)F)C(F)(F)F.O=C(/C=C(\[O-])C(F)(F)F)C(F)(F)F.[Hf+4]. The first-order valence-electron chi connectivity index (χ1n) is 10.5. The molecule has 0 rings (SSSR count). The van der Waals surface area contributed by atoms with Crippen LogP contribution in [0.25, 0.3) is 0 Å². The monoisotopic (exact) mass is 1010 g/mol. The largest absolute Gasteiger partial charge is 4.00 e. The Morgan fingerprint density at radius 2 is 0.358 bits per heavy atom. The minimum absolute atomic E-state index is 0. The van der Waals surface area contributed by atoms with Crippen molar-refractivity contribution in [3.63, 3.8) is 0 Å². The van der Waals surface area contributed by atoms with Gasteiger partial charge in [0.2, 0.25) is 0 Å². The van der Waals surface area contributed by atoms with Gasteiger partial charge in [-0.1, -0.05) is 0 Å². The Labute approximate surface area is 291 Å². The summed E-state index contributed by atoms with van der Waals surface area (Å²) >= 11 is 0. The number of ketones is 4. The average Bonchev–Trinajstić information content (AvgIpc) is 2.85. The van der Waals surface area contributed by atoms with Gasteiger partial charge in [-0.3, -0.25) is 19.2 Å². The predicted octanol–water partition coefficient (Wildman–Crippen LogP) is 3.69. The summed E-state index contributed by atoms with van der Waals surface area (Å²) < 4.78 is 271. The first-order valence-corrected chi connectivity index (χ1v) is 10.5. The standard InChI is InChI=1S/4C5H2F6O2.Hf/c4*6-4(7,8)2(12)1-3(13)5(9,10)11;/h4*1,12H;/q;;;;+4/p-4/b4*2-1-;. The Morgan fingerprint density at radius 3 is 0.415 bits per heavy atom. The molecule has 0 saturated carbocycles. The van der Waals surface area contributed by atoms with Crippen molar-refractivity contribution in [1.29, 1.82) is 0 Å². The van der Waals surface area contributed by atoms with Gasteiger partial charge in [-0.25, -0.2) is 0 Å². The van der Waals surface area contributed by atoms with Crippen molar-refractivity contribution in [1.82, 2.24) is 0 Å². The Kier molecular flexibility index (Phi) is 22.5. The van der Waals surface area contributed by atoms with Crippen molar-refractivity contribution in [2.45, 2.75) is 49.4 Å². The molecular formula is C20H4F24HfO8. The number of halogens is 24. The van der Waals surface area contributed by atoms with Crippen LogP contribution in [0.2, 0.25) is 0 Å². The van der Waals surface area contributed by atoms with Gasteiger partial charge in [-0.15, -0.1) is 0 Å².